The fourth-order valence-electron chi connectivity index (χ4n) is 3.65. The number of fused-ring (bicyclic) bond motifs is 1. The summed E-state index contributed by atoms with van der Waals surface area (Å²) in [5.41, 5.74) is 3.43. The monoisotopic (exact) mass is 429 g/mol. The lowest BCUT2D eigenvalue weighted by Gasteiger charge is -2.41. The van der Waals surface area contributed by atoms with E-state index in [0.717, 1.165) is 25.1 Å². The third kappa shape index (κ3) is 5.28. The summed E-state index contributed by atoms with van der Waals surface area (Å²) in [6, 6.07) is 14.1. The first-order valence-electron chi connectivity index (χ1n) is 10.3. The largest absolute Gasteiger partial charge is 0.353 e. The Bertz CT molecular complexity index is 1000. The lowest BCUT2D eigenvalue weighted by Crippen LogP contribution is -2.55. The smallest absolute Gasteiger partial charge is 0.241 e. The van der Waals surface area contributed by atoms with E-state index in [1.165, 1.54) is 11.1 Å². The summed E-state index contributed by atoms with van der Waals surface area (Å²) in [4.78, 5) is 15.1. The zero-order valence-electron chi connectivity index (χ0n) is 18.1. The van der Waals surface area contributed by atoms with Crippen LogP contribution >= 0.6 is 0 Å². The minimum atomic E-state index is -3.75. The van der Waals surface area contributed by atoms with Gasteiger partial charge in [0.1, 0.15) is 0 Å². The van der Waals surface area contributed by atoms with Gasteiger partial charge in [-0.25, -0.2) is 8.42 Å². The third-order valence-corrected chi connectivity index (χ3v) is 7.30. The van der Waals surface area contributed by atoms with Gasteiger partial charge >= 0.3 is 0 Å². The number of rotatable bonds is 7. The Labute approximate surface area is 179 Å². The summed E-state index contributed by atoms with van der Waals surface area (Å²) in [6.45, 7) is 9.85. The number of amides is 1. The zero-order chi connectivity index (χ0) is 21.9. The average Bonchev–Trinajstić information content (AvgIpc) is 2.71. The van der Waals surface area contributed by atoms with Crippen LogP contribution in [0.25, 0.3) is 0 Å². The lowest BCUT2D eigenvalue weighted by molar-refractivity contribution is -0.123. The van der Waals surface area contributed by atoms with Crippen molar-refractivity contribution in [2.75, 3.05) is 13.1 Å². The standard InChI is InChI=1S/C23H31N3O3S/c1-17-9-11-21(12-10-17)30(28,29)25-18(2)22(27)24-16-23(3,4)26-14-13-19-7-5-6-8-20(19)15-26/h5-12,18,25H,13-16H2,1-4H3,(H,24,27). The van der Waals surface area contributed by atoms with Crippen LogP contribution in [0.1, 0.15) is 37.5 Å². The van der Waals surface area contributed by atoms with Crippen molar-refractivity contribution < 1.29 is 13.2 Å². The maximum Gasteiger partial charge on any atom is 0.241 e. The Morgan fingerprint density at radius 3 is 2.40 bits per heavy atom. The zero-order valence-corrected chi connectivity index (χ0v) is 18.9. The Balaban J connectivity index is 1.57. The van der Waals surface area contributed by atoms with E-state index in [4.69, 9.17) is 0 Å². The summed E-state index contributed by atoms with van der Waals surface area (Å²) >= 11 is 0. The van der Waals surface area contributed by atoms with E-state index in [1.54, 1.807) is 31.2 Å². The van der Waals surface area contributed by atoms with Crippen LogP contribution in [0.5, 0.6) is 0 Å². The van der Waals surface area contributed by atoms with E-state index in [-0.39, 0.29) is 16.3 Å². The Morgan fingerprint density at radius 2 is 1.73 bits per heavy atom. The third-order valence-electron chi connectivity index (χ3n) is 5.74. The first-order chi connectivity index (χ1) is 14.1. The number of benzene rings is 2. The first-order valence-corrected chi connectivity index (χ1v) is 11.8. The number of nitrogens with zero attached hydrogens (tertiary/aromatic N) is 1. The molecule has 2 aromatic rings. The summed E-state index contributed by atoms with van der Waals surface area (Å²) in [5, 5.41) is 2.92. The van der Waals surface area contributed by atoms with Crippen LogP contribution in [-0.2, 0) is 27.8 Å². The SMILES string of the molecule is Cc1ccc(S(=O)(=O)NC(C)C(=O)NCC(C)(C)N2CCc3ccccc3C2)cc1. The molecule has 30 heavy (non-hydrogen) atoms. The van der Waals surface area contributed by atoms with Gasteiger partial charge in [0.2, 0.25) is 15.9 Å². The second-order valence-corrected chi connectivity index (χ2v) is 10.3. The molecule has 1 atom stereocenters. The minimum absolute atomic E-state index is 0.153. The van der Waals surface area contributed by atoms with Crippen molar-refractivity contribution >= 4 is 15.9 Å². The fourth-order valence-corrected chi connectivity index (χ4v) is 4.86. The van der Waals surface area contributed by atoms with E-state index in [9.17, 15) is 13.2 Å². The minimum Gasteiger partial charge on any atom is -0.353 e. The van der Waals surface area contributed by atoms with E-state index in [1.807, 2.05) is 6.92 Å². The van der Waals surface area contributed by atoms with E-state index in [2.05, 4.69) is 53.1 Å². The molecule has 1 unspecified atom stereocenters. The van der Waals surface area contributed by atoms with Gasteiger partial charge in [0.25, 0.3) is 0 Å². The van der Waals surface area contributed by atoms with Gasteiger partial charge in [-0.05, 0) is 57.4 Å². The maximum absolute atomic E-state index is 12.6. The topological polar surface area (TPSA) is 78.5 Å². The number of sulfonamides is 1. The molecular weight excluding hydrogens is 398 g/mol. The molecule has 0 bridgehead atoms. The second kappa shape index (κ2) is 8.88. The molecule has 3 rings (SSSR count). The van der Waals surface area contributed by atoms with E-state index < -0.39 is 16.1 Å². The second-order valence-electron chi connectivity index (χ2n) is 8.63. The molecule has 0 fully saturated rings. The van der Waals surface area contributed by atoms with Crippen molar-refractivity contribution in [3.8, 4) is 0 Å². The van der Waals surface area contributed by atoms with Gasteiger partial charge in [0.05, 0.1) is 10.9 Å². The van der Waals surface area contributed by atoms with Crippen molar-refractivity contribution in [3.05, 3.63) is 65.2 Å². The van der Waals surface area contributed by atoms with E-state index in [0.29, 0.717) is 6.54 Å². The van der Waals surface area contributed by atoms with Crippen molar-refractivity contribution in [2.45, 2.75) is 57.1 Å². The molecule has 0 aliphatic carbocycles. The summed E-state index contributed by atoms with van der Waals surface area (Å²) in [7, 11) is -3.75. The number of carbonyl (C=O) groups excluding carboxylic acids is 1. The number of nitrogens with one attached hydrogen (secondary N) is 2. The summed E-state index contributed by atoms with van der Waals surface area (Å²) < 4.78 is 27.5. The molecule has 0 aromatic heterocycles. The van der Waals surface area contributed by atoms with Gasteiger partial charge < -0.3 is 5.32 Å². The molecule has 2 N–H and O–H groups in total. The number of aryl methyl sites for hydroxylation is 1. The van der Waals surface area contributed by atoms with E-state index >= 15 is 0 Å². The molecule has 0 spiro atoms. The summed E-state index contributed by atoms with van der Waals surface area (Å²) in [5.74, 6) is -0.337. The average molecular weight is 430 g/mol. The first kappa shape index (κ1) is 22.5. The van der Waals surface area contributed by atoms with Crippen molar-refractivity contribution in [2.24, 2.45) is 0 Å². The predicted molar refractivity (Wildman–Crippen MR) is 119 cm³/mol. The van der Waals surface area contributed by atoms with Crippen LogP contribution < -0.4 is 10.0 Å². The highest BCUT2D eigenvalue weighted by Gasteiger charge is 2.31. The molecule has 2 aromatic carbocycles. The van der Waals surface area contributed by atoms with Crippen molar-refractivity contribution in [3.63, 3.8) is 0 Å². The molecule has 7 heteroatoms. The van der Waals surface area contributed by atoms with Crippen LogP contribution in [0.4, 0.5) is 0 Å². The highest BCUT2D eigenvalue weighted by Crippen LogP contribution is 2.25. The Hall–Kier alpha value is -2.22. The molecule has 6 nitrogen and oxygen atoms in total. The quantitative estimate of drug-likeness (QED) is 0.709. The molecular formula is C23H31N3O3S. The molecule has 1 aliphatic heterocycles. The molecule has 0 radical (unpaired) electrons. The highest BCUT2D eigenvalue weighted by atomic mass is 32.2. The van der Waals surface area contributed by atoms with Crippen LogP contribution in [0.2, 0.25) is 0 Å². The van der Waals surface area contributed by atoms with Gasteiger partial charge in [-0.3, -0.25) is 9.69 Å². The van der Waals surface area contributed by atoms with Crippen LogP contribution in [0.3, 0.4) is 0 Å². The number of hydrogen-bond acceptors (Lipinski definition) is 4. The molecule has 0 saturated heterocycles. The maximum atomic E-state index is 12.6. The number of hydrogen-bond donors (Lipinski definition) is 2. The van der Waals surface area contributed by atoms with Crippen molar-refractivity contribution in [1.29, 1.82) is 0 Å². The van der Waals surface area contributed by atoms with Gasteiger partial charge in [-0.1, -0.05) is 42.0 Å². The lowest BCUT2D eigenvalue weighted by atomic mass is 9.94. The van der Waals surface area contributed by atoms with Crippen LogP contribution in [0, 0.1) is 6.92 Å². The van der Waals surface area contributed by atoms with Crippen molar-refractivity contribution in [1.82, 2.24) is 14.9 Å². The van der Waals surface area contributed by atoms with Gasteiger partial charge in [-0.2, -0.15) is 4.72 Å². The summed E-state index contributed by atoms with van der Waals surface area (Å²) in [6.07, 6.45) is 0.986. The fraction of sp³-hybridized carbons (Fsp3) is 0.435. The predicted octanol–water partition coefficient (Wildman–Crippen LogP) is 2.61. The highest BCUT2D eigenvalue weighted by molar-refractivity contribution is 7.89. The normalized spacial score (nSPS) is 16.0. The molecule has 0 saturated carbocycles. The molecule has 1 heterocycles. The van der Waals surface area contributed by atoms with Gasteiger partial charge in [0, 0.05) is 25.2 Å². The molecule has 1 aliphatic rings. The van der Waals surface area contributed by atoms with Crippen LogP contribution in [-0.4, -0.2) is 43.9 Å². The molecule has 1 amide bonds. The number of carbonyl (C=O) groups is 1. The Kier molecular flexibility index (Phi) is 6.65. The Morgan fingerprint density at radius 1 is 1.10 bits per heavy atom. The van der Waals surface area contributed by atoms with Gasteiger partial charge in [0.15, 0.2) is 0 Å². The van der Waals surface area contributed by atoms with Gasteiger partial charge in [-0.15, -0.1) is 0 Å². The molecule has 162 valence electrons. The van der Waals surface area contributed by atoms with Crippen LogP contribution in [0.15, 0.2) is 53.4 Å².